The molecule has 0 bridgehead atoms. The SMILES string of the molecule is CC(C(=O)Nc1cnc(Oc2ccc(F)cc2F)cn1)N1CCN(C(=O)c2cc[n+]([O-])cn2)C(C)(C)C1. The zero-order valence-electron chi connectivity index (χ0n) is 20.4. The molecule has 1 aromatic carbocycles. The van der Waals surface area contributed by atoms with Crippen LogP contribution in [0, 0.1) is 16.8 Å². The Kier molecular flexibility index (Phi) is 7.25. The Hall–Kier alpha value is -4.26. The summed E-state index contributed by atoms with van der Waals surface area (Å²) >= 11 is 0. The number of carbonyl (C=O) groups is 2. The molecular formula is C24H25F2N7O4. The van der Waals surface area contributed by atoms with E-state index >= 15 is 0 Å². The summed E-state index contributed by atoms with van der Waals surface area (Å²) in [5.41, 5.74) is -0.434. The molecule has 37 heavy (non-hydrogen) atoms. The number of carbonyl (C=O) groups excluding carboxylic acids is 2. The molecule has 1 aliphatic rings. The van der Waals surface area contributed by atoms with Crippen LogP contribution in [0.1, 0.15) is 31.3 Å². The summed E-state index contributed by atoms with van der Waals surface area (Å²) in [6, 6.07) is 3.71. The highest BCUT2D eigenvalue weighted by molar-refractivity contribution is 5.94. The number of rotatable bonds is 6. The normalized spacial score (nSPS) is 16.2. The lowest BCUT2D eigenvalue weighted by Crippen LogP contribution is -2.63. The van der Waals surface area contributed by atoms with Crippen LogP contribution in [0.5, 0.6) is 11.6 Å². The van der Waals surface area contributed by atoms with Crippen LogP contribution in [0.25, 0.3) is 0 Å². The number of aromatic nitrogens is 4. The molecule has 2 amide bonds. The van der Waals surface area contributed by atoms with E-state index in [2.05, 4.69) is 20.3 Å². The maximum atomic E-state index is 13.8. The first-order chi connectivity index (χ1) is 17.5. The van der Waals surface area contributed by atoms with Crippen LogP contribution in [0.2, 0.25) is 0 Å². The largest absolute Gasteiger partial charge is 0.711 e. The number of piperazine rings is 1. The minimum Gasteiger partial charge on any atom is -0.711 e. The van der Waals surface area contributed by atoms with E-state index in [1.165, 1.54) is 24.7 Å². The second-order valence-electron chi connectivity index (χ2n) is 9.13. The van der Waals surface area contributed by atoms with Crippen molar-refractivity contribution in [2.24, 2.45) is 0 Å². The fourth-order valence-corrected chi connectivity index (χ4v) is 4.01. The highest BCUT2D eigenvalue weighted by Crippen LogP contribution is 2.25. The standard InChI is InChI=1S/C24H25F2N7O4/c1-15(31-8-9-33(24(2,3)13-31)23(35)18-6-7-32(36)14-29-18)22(34)30-20-11-28-21(12-27-20)37-19-5-4-16(25)10-17(19)26/h4-7,10-12,14-15H,8-9,13H2,1-3H3,(H,27,30,34). The number of ether oxygens (including phenoxy) is 1. The summed E-state index contributed by atoms with van der Waals surface area (Å²) in [6.45, 7) is 6.77. The van der Waals surface area contributed by atoms with E-state index in [9.17, 15) is 23.6 Å². The van der Waals surface area contributed by atoms with Crippen LogP contribution in [-0.4, -0.2) is 67.8 Å². The molecule has 0 saturated carbocycles. The molecular weight excluding hydrogens is 488 g/mol. The van der Waals surface area contributed by atoms with Crippen molar-refractivity contribution in [3.63, 3.8) is 0 Å². The summed E-state index contributed by atoms with van der Waals surface area (Å²) in [5.74, 6) is -2.30. The van der Waals surface area contributed by atoms with Crippen LogP contribution < -0.4 is 14.8 Å². The lowest BCUT2D eigenvalue weighted by molar-refractivity contribution is -0.608. The van der Waals surface area contributed by atoms with Crippen molar-refractivity contribution in [2.75, 3.05) is 25.0 Å². The lowest BCUT2D eigenvalue weighted by Gasteiger charge is -2.48. The minimum atomic E-state index is -0.881. The zero-order chi connectivity index (χ0) is 26.7. The average molecular weight is 514 g/mol. The predicted octanol–water partition coefficient (Wildman–Crippen LogP) is 2.14. The number of hydrogen-bond donors (Lipinski definition) is 1. The molecule has 3 heterocycles. The summed E-state index contributed by atoms with van der Waals surface area (Å²) in [5, 5.41) is 13.9. The van der Waals surface area contributed by atoms with Crippen molar-refractivity contribution in [3.8, 4) is 11.6 Å². The van der Waals surface area contributed by atoms with Gasteiger partial charge >= 0.3 is 0 Å². The quantitative estimate of drug-likeness (QED) is 0.392. The minimum absolute atomic E-state index is 0.0305. The maximum Gasteiger partial charge on any atom is 0.298 e. The molecule has 11 nitrogen and oxygen atoms in total. The molecule has 13 heteroatoms. The monoisotopic (exact) mass is 513 g/mol. The molecule has 1 N–H and O–H groups in total. The van der Waals surface area contributed by atoms with Gasteiger partial charge in [-0.2, -0.15) is 0 Å². The van der Waals surface area contributed by atoms with E-state index in [4.69, 9.17) is 4.74 Å². The van der Waals surface area contributed by atoms with E-state index in [-0.39, 0.29) is 35.0 Å². The molecule has 1 fully saturated rings. The van der Waals surface area contributed by atoms with Gasteiger partial charge in [-0.25, -0.2) is 23.5 Å². The van der Waals surface area contributed by atoms with Crippen molar-refractivity contribution >= 4 is 17.6 Å². The van der Waals surface area contributed by atoms with Gasteiger partial charge in [0.15, 0.2) is 17.4 Å². The van der Waals surface area contributed by atoms with Crippen molar-refractivity contribution < 1.29 is 27.8 Å². The Morgan fingerprint density at radius 3 is 2.57 bits per heavy atom. The fraction of sp³-hybridized carbons (Fsp3) is 0.333. The summed E-state index contributed by atoms with van der Waals surface area (Å²) in [7, 11) is 0. The smallest absolute Gasteiger partial charge is 0.298 e. The third kappa shape index (κ3) is 5.94. The lowest BCUT2D eigenvalue weighted by atomic mass is 9.96. The van der Waals surface area contributed by atoms with E-state index in [1.807, 2.05) is 18.7 Å². The van der Waals surface area contributed by atoms with Crippen LogP contribution in [0.3, 0.4) is 0 Å². The van der Waals surface area contributed by atoms with Crippen LogP contribution in [0.4, 0.5) is 14.6 Å². The van der Waals surface area contributed by atoms with Crippen LogP contribution >= 0.6 is 0 Å². The van der Waals surface area contributed by atoms with Crippen molar-refractivity contribution in [1.29, 1.82) is 0 Å². The fourth-order valence-electron chi connectivity index (χ4n) is 4.01. The van der Waals surface area contributed by atoms with Gasteiger partial charge in [0.05, 0.1) is 30.2 Å². The van der Waals surface area contributed by atoms with Gasteiger partial charge in [-0.3, -0.25) is 14.5 Å². The Balaban J connectivity index is 1.35. The third-order valence-corrected chi connectivity index (χ3v) is 6.00. The van der Waals surface area contributed by atoms with Gasteiger partial charge in [0, 0.05) is 31.8 Å². The van der Waals surface area contributed by atoms with Gasteiger partial charge in [-0.15, -0.1) is 0 Å². The van der Waals surface area contributed by atoms with Crippen molar-refractivity contribution in [3.05, 3.63) is 71.7 Å². The number of nitrogens with zero attached hydrogens (tertiary/aromatic N) is 6. The molecule has 194 valence electrons. The Labute approximate surface area is 211 Å². The first kappa shape index (κ1) is 25.8. The molecule has 0 spiro atoms. The highest BCUT2D eigenvalue weighted by atomic mass is 19.1. The number of anilines is 1. The predicted molar refractivity (Wildman–Crippen MR) is 126 cm³/mol. The van der Waals surface area contributed by atoms with E-state index in [1.54, 1.807) is 11.8 Å². The Morgan fingerprint density at radius 2 is 1.95 bits per heavy atom. The van der Waals surface area contributed by atoms with Gasteiger partial charge in [-0.1, -0.05) is 0 Å². The summed E-state index contributed by atoms with van der Waals surface area (Å²) < 4.78 is 32.6. The molecule has 1 aliphatic heterocycles. The number of hydrogen-bond acceptors (Lipinski definition) is 8. The highest BCUT2D eigenvalue weighted by Gasteiger charge is 2.40. The number of nitrogens with one attached hydrogen (secondary N) is 1. The van der Waals surface area contributed by atoms with Gasteiger partial charge < -0.3 is 20.2 Å². The molecule has 2 aromatic heterocycles. The van der Waals surface area contributed by atoms with Crippen molar-refractivity contribution in [1.82, 2.24) is 24.8 Å². The summed E-state index contributed by atoms with van der Waals surface area (Å²) in [6.07, 6.45) is 4.73. The second kappa shape index (κ2) is 10.4. The Morgan fingerprint density at radius 1 is 1.16 bits per heavy atom. The molecule has 4 rings (SSSR count). The molecule has 0 aliphatic carbocycles. The van der Waals surface area contributed by atoms with E-state index in [0.717, 1.165) is 18.5 Å². The van der Waals surface area contributed by atoms with Crippen molar-refractivity contribution in [2.45, 2.75) is 32.4 Å². The van der Waals surface area contributed by atoms with Crippen LogP contribution in [-0.2, 0) is 4.79 Å². The zero-order valence-corrected chi connectivity index (χ0v) is 20.4. The van der Waals surface area contributed by atoms with Gasteiger partial charge in [0.2, 0.25) is 17.5 Å². The number of halogens is 2. The first-order valence-corrected chi connectivity index (χ1v) is 11.4. The van der Waals surface area contributed by atoms with Gasteiger partial charge in [0.1, 0.15) is 5.82 Å². The summed E-state index contributed by atoms with van der Waals surface area (Å²) in [4.78, 5) is 41.5. The average Bonchev–Trinajstić information content (AvgIpc) is 2.86. The molecule has 1 unspecified atom stereocenters. The first-order valence-electron chi connectivity index (χ1n) is 11.4. The van der Waals surface area contributed by atoms with E-state index in [0.29, 0.717) is 30.4 Å². The number of amides is 2. The Bertz CT molecular complexity index is 1290. The van der Waals surface area contributed by atoms with Gasteiger partial charge in [-0.05, 0) is 37.9 Å². The second-order valence-corrected chi connectivity index (χ2v) is 9.13. The number of benzene rings is 1. The van der Waals surface area contributed by atoms with Gasteiger partial charge in [0.25, 0.3) is 12.2 Å². The van der Waals surface area contributed by atoms with Crippen LogP contribution in [0.15, 0.2) is 49.2 Å². The molecule has 0 radical (unpaired) electrons. The molecule has 1 atom stereocenters. The maximum absolute atomic E-state index is 13.8. The van der Waals surface area contributed by atoms with E-state index < -0.39 is 23.2 Å². The molecule has 1 saturated heterocycles. The topological polar surface area (TPSA) is 127 Å². The third-order valence-electron chi connectivity index (χ3n) is 6.00. The molecule has 3 aromatic rings.